The van der Waals surface area contributed by atoms with Crippen molar-refractivity contribution in [1.82, 2.24) is 5.32 Å². The van der Waals surface area contributed by atoms with Crippen LogP contribution in [0.3, 0.4) is 0 Å². The molecular formula is C19H21F2NO4S. The zero-order chi connectivity index (χ0) is 20.0. The van der Waals surface area contributed by atoms with Crippen molar-refractivity contribution in [2.45, 2.75) is 37.0 Å². The van der Waals surface area contributed by atoms with E-state index >= 15 is 0 Å². The first kappa shape index (κ1) is 20.8. The van der Waals surface area contributed by atoms with Gasteiger partial charge in [-0.1, -0.05) is 24.3 Å². The van der Waals surface area contributed by atoms with E-state index in [9.17, 15) is 22.0 Å². The molecule has 2 rings (SSSR count). The van der Waals surface area contributed by atoms with Gasteiger partial charge < -0.3 is 10.1 Å². The van der Waals surface area contributed by atoms with Gasteiger partial charge in [-0.3, -0.25) is 4.79 Å². The Morgan fingerprint density at radius 1 is 1.07 bits per heavy atom. The van der Waals surface area contributed by atoms with E-state index in [2.05, 4.69) is 10.1 Å². The second-order valence-electron chi connectivity index (χ2n) is 6.12. The summed E-state index contributed by atoms with van der Waals surface area (Å²) in [5.74, 6) is -0.418. The van der Waals surface area contributed by atoms with Crippen molar-refractivity contribution in [2.75, 3.05) is 6.54 Å². The first-order valence-electron chi connectivity index (χ1n) is 8.36. The van der Waals surface area contributed by atoms with Gasteiger partial charge >= 0.3 is 6.61 Å². The zero-order valence-corrected chi connectivity index (χ0v) is 15.8. The third-order valence-corrected chi connectivity index (χ3v) is 6.12. The van der Waals surface area contributed by atoms with Crippen LogP contribution in [0.25, 0.3) is 0 Å². The molecule has 2 aromatic rings. The molecule has 0 heterocycles. The molecule has 146 valence electrons. The van der Waals surface area contributed by atoms with Crippen molar-refractivity contribution in [1.29, 1.82) is 0 Å². The first-order chi connectivity index (χ1) is 12.7. The van der Waals surface area contributed by atoms with Crippen LogP contribution in [0, 0.1) is 0 Å². The van der Waals surface area contributed by atoms with Crippen molar-refractivity contribution in [3.63, 3.8) is 0 Å². The van der Waals surface area contributed by atoms with Crippen molar-refractivity contribution in [3.8, 4) is 5.75 Å². The van der Waals surface area contributed by atoms with Gasteiger partial charge in [-0.2, -0.15) is 8.78 Å². The number of carbonyl (C=O) groups excluding carboxylic acids is 1. The third kappa shape index (κ3) is 5.50. The van der Waals surface area contributed by atoms with Crippen LogP contribution in [0.1, 0.15) is 29.8 Å². The van der Waals surface area contributed by atoms with Crippen molar-refractivity contribution < 1.29 is 26.7 Å². The lowest BCUT2D eigenvalue weighted by Crippen LogP contribution is -2.28. The molecule has 0 unspecified atom stereocenters. The quantitative estimate of drug-likeness (QED) is 0.741. The van der Waals surface area contributed by atoms with Crippen LogP contribution >= 0.6 is 0 Å². The van der Waals surface area contributed by atoms with Gasteiger partial charge in [0.05, 0.1) is 15.7 Å². The average molecular weight is 397 g/mol. The number of alkyl halides is 2. The standard InChI is InChI=1S/C19H21F2NO4S/c1-13(2)27(24,25)17-6-4-3-5-16(17)18(23)22-12-11-14-7-9-15(10-8-14)26-19(20)21/h3-10,13,19H,11-12H2,1-2H3,(H,22,23). The van der Waals surface area contributed by atoms with Crippen LogP contribution in [0.5, 0.6) is 5.75 Å². The Kier molecular flexibility index (Phi) is 6.90. The smallest absolute Gasteiger partial charge is 0.387 e. The van der Waals surface area contributed by atoms with Crippen LogP contribution < -0.4 is 10.1 Å². The molecule has 1 N–H and O–H groups in total. The summed E-state index contributed by atoms with van der Waals surface area (Å²) in [5.41, 5.74) is 0.923. The summed E-state index contributed by atoms with van der Waals surface area (Å²) in [5, 5.41) is 2.05. The molecule has 0 aliphatic heterocycles. The second-order valence-corrected chi connectivity index (χ2v) is 8.59. The molecule has 27 heavy (non-hydrogen) atoms. The maximum absolute atomic E-state index is 12.4. The molecule has 2 aromatic carbocycles. The number of nitrogens with one attached hydrogen (secondary N) is 1. The number of carbonyl (C=O) groups is 1. The van der Waals surface area contributed by atoms with Gasteiger partial charge in [0.25, 0.3) is 5.91 Å². The zero-order valence-electron chi connectivity index (χ0n) is 15.0. The van der Waals surface area contributed by atoms with E-state index in [1.165, 1.54) is 24.3 Å². The Hall–Kier alpha value is -2.48. The normalized spacial score (nSPS) is 11.6. The molecule has 0 radical (unpaired) electrons. The Balaban J connectivity index is 2.01. The molecule has 0 bridgehead atoms. The highest BCUT2D eigenvalue weighted by atomic mass is 32.2. The topological polar surface area (TPSA) is 72.5 Å². The molecule has 0 aliphatic carbocycles. The summed E-state index contributed by atoms with van der Waals surface area (Å²) in [4.78, 5) is 12.4. The van der Waals surface area contributed by atoms with Gasteiger partial charge in [0.1, 0.15) is 5.75 Å². The van der Waals surface area contributed by atoms with E-state index < -0.39 is 27.6 Å². The molecule has 0 spiro atoms. The van der Waals surface area contributed by atoms with E-state index in [4.69, 9.17) is 0 Å². The summed E-state index contributed by atoms with van der Waals surface area (Å²) >= 11 is 0. The molecular weight excluding hydrogens is 376 g/mol. The van der Waals surface area contributed by atoms with E-state index in [0.717, 1.165) is 5.56 Å². The molecule has 0 saturated heterocycles. The highest BCUT2D eigenvalue weighted by Crippen LogP contribution is 2.20. The van der Waals surface area contributed by atoms with Gasteiger partial charge in [0.15, 0.2) is 9.84 Å². The Labute approximate surface area is 157 Å². The number of halogens is 2. The van der Waals surface area contributed by atoms with Crippen LogP contribution in [0.4, 0.5) is 8.78 Å². The minimum atomic E-state index is -3.58. The molecule has 0 atom stereocenters. The number of ether oxygens (including phenoxy) is 1. The van der Waals surface area contributed by atoms with Gasteiger partial charge in [0.2, 0.25) is 0 Å². The van der Waals surface area contributed by atoms with E-state index in [1.54, 1.807) is 38.1 Å². The number of hydrogen-bond acceptors (Lipinski definition) is 4. The third-order valence-electron chi connectivity index (χ3n) is 3.91. The SMILES string of the molecule is CC(C)S(=O)(=O)c1ccccc1C(=O)NCCc1ccc(OC(F)F)cc1. The van der Waals surface area contributed by atoms with E-state index in [-0.39, 0.29) is 22.8 Å². The van der Waals surface area contributed by atoms with Crippen LogP contribution in [0.15, 0.2) is 53.4 Å². The number of hydrogen-bond donors (Lipinski definition) is 1. The number of amides is 1. The van der Waals surface area contributed by atoms with Gasteiger partial charge in [-0.05, 0) is 50.1 Å². The number of rotatable bonds is 8. The van der Waals surface area contributed by atoms with E-state index in [1.807, 2.05) is 0 Å². The highest BCUT2D eigenvalue weighted by Gasteiger charge is 2.24. The lowest BCUT2D eigenvalue weighted by molar-refractivity contribution is -0.0498. The number of benzene rings is 2. The summed E-state index contributed by atoms with van der Waals surface area (Å²) in [6.45, 7) is 0.512. The second kappa shape index (κ2) is 8.94. The van der Waals surface area contributed by atoms with Crippen molar-refractivity contribution in [3.05, 3.63) is 59.7 Å². The summed E-state index contributed by atoms with van der Waals surface area (Å²) in [6.07, 6.45) is 0.458. The molecule has 0 saturated carbocycles. The summed E-state index contributed by atoms with van der Waals surface area (Å²) in [7, 11) is -3.58. The molecule has 5 nitrogen and oxygen atoms in total. The minimum Gasteiger partial charge on any atom is -0.435 e. The molecule has 0 fully saturated rings. The van der Waals surface area contributed by atoms with Crippen molar-refractivity contribution >= 4 is 15.7 Å². The lowest BCUT2D eigenvalue weighted by atomic mass is 10.1. The minimum absolute atomic E-state index is 0.00556. The fourth-order valence-corrected chi connectivity index (χ4v) is 3.65. The van der Waals surface area contributed by atoms with Crippen LogP contribution in [-0.4, -0.2) is 32.7 Å². The Morgan fingerprint density at radius 2 is 1.70 bits per heavy atom. The Bertz CT molecular complexity index is 881. The maximum atomic E-state index is 12.4. The average Bonchev–Trinajstić information content (AvgIpc) is 2.62. The summed E-state index contributed by atoms with van der Waals surface area (Å²) < 4.78 is 53.4. The fraction of sp³-hybridized carbons (Fsp3) is 0.316. The van der Waals surface area contributed by atoms with Gasteiger partial charge in [-0.25, -0.2) is 8.42 Å². The molecule has 1 amide bonds. The lowest BCUT2D eigenvalue weighted by Gasteiger charge is -2.13. The van der Waals surface area contributed by atoms with Crippen molar-refractivity contribution in [2.24, 2.45) is 0 Å². The Morgan fingerprint density at radius 3 is 2.30 bits per heavy atom. The van der Waals surface area contributed by atoms with Gasteiger partial charge in [0, 0.05) is 6.54 Å². The number of sulfone groups is 1. The van der Waals surface area contributed by atoms with Gasteiger partial charge in [-0.15, -0.1) is 0 Å². The van der Waals surface area contributed by atoms with Crippen LogP contribution in [0.2, 0.25) is 0 Å². The van der Waals surface area contributed by atoms with E-state index in [0.29, 0.717) is 6.42 Å². The molecule has 0 aromatic heterocycles. The molecule has 0 aliphatic rings. The van der Waals surface area contributed by atoms with Crippen LogP contribution in [-0.2, 0) is 16.3 Å². The molecule has 8 heteroatoms. The predicted molar refractivity (Wildman–Crippen MR) is 97.9 cm³/mol. The largest absolute Gasteiger partial charge is 0.435 e. The first-order valence-corrected chi connectivity index (χ1v) is 9.91. The summed E-state index contributed by atoms with van der Waals surface area (Å²) in [6, 6.07) is 12.2. The monoisotopic (exact) mass is 397 g/mol. The predicted octanol–water partition coefficient (Wildman–Crippen LogP) is 3.44. The fourth-order valence-electron chi connectivity index (χ4n) is 2.41. The highest BCUT2D eigenvalue weighted by molar-refractivity contribution is 7.92. The maximum Gasteiger partial charge on any atom is 0.387 e.